The smallest absolute Gasteiger partial charge is 0.236 e. The van der Waals surface area contributed by atoms with Gasteiger partial charge in [0.2, 0.25) is 5.91 Å². The second-order valence-corrected chi connectivity index (χ2v) is 3.53. The number of nitrogens with zero attached hydrogens (tertiary/aromatic N) is 1. The minimum atomic E-state index is 0.0641. The molecule has 0 spiro atoms. The van der Waals surface area contributed by atoms with Crippen LogP contribution in [0.5, 0.6) is 0 Å². The summed E-state index contributed by atoms with van der Waals surface area (Å²) in [5.41, 5.74) is 0. The van der Waals surface area contributed by atoms with Gasteiger partial charge in [0.05, 0.1) is 18.8 Å². The van der Waals surface area contributed by atoms with Crippen LogP contribution in [0.4, 0.5) is 0 Å². The highest BCUT2D eigenvalue weighted by molar-refractivity contribution is 5.77. The predicted molar refractivity (Wildman–Crippen MR) is 58.4 cm³/mol. The third-order valence-electron chi connectivity index (χ3n) is 2.43. The number of carbonyl (C=O) groups is 1. The maximum absolute atomic E-state index is 11.5. The molecular formula is C11H18N2O2. The predicted octanol–water partition coefficient (Wildman–Crippen LogP) is 1.41. The molecule has 0 saturated heterocycles. The molecule has 1 rings (SSSR count). The summed E-state index contributed by atoms with van der Waals surface area (Å²) in [7, 11) is 1.79. The van der Waals surface area contributed by atoms with E-state index in [1.807, 2.05) is 26.0 Å². The number of hydrogen-bond donors (Lipinski definition) is 1. The highest BCUT2D eigenvalue weighted by Crippen LogP contribution is 2.11. The minimum Gasteiger partial charge on any atom is -0.468 e. The van der Waals surface area contributed by atoms with Gasteiger partial charge in [-0.15, -0.1) is 0 Å². The molecule has 0 bridgehead atoms. The third kappa shape index (κ3) is 3.40. The third-order valence-corrected chi connectivity index (χ3v) is 2.43. The molecule has 84 valence electrons. The summed E-state index contributed by atoms with van der Waals surface area (Å²) in [4.78, 5) is 13.2. The Kier molecular flexibility index (Phi) is 4.37. The van der Waals surface area contributed by atoms with Gasteiger partial charge in [0.15, 0.2) is 0 Å². The molecule has 0 saturated carbocycles. The summed E-state index contributed by atoms with van der Waals surface area (Å²) in [6, 6.07) is 3.80. The van der Waals surface area contributed by atoms with Crippen LogP contribution >= 0.6 is 0 Å². The lowest BCUT2D eigenvalue weighted by molar-refractivity contribution is -0.128. The number of furan rings is 1. The van der Waals surface area contributed by atoms with E-state index in [0.717, 1.165) is 12.3 Å². The van der Waals surface area contributed by atoms with E-state index in [1.54, 1.807) is 18.2 Å². The Balaban J connectivity index is 2.34. The van der Waals surface area contributed by atoms with Gasteiger partial charge >= 0.3 is 0 Å². The highest BCUT2D eigenvalue weighted by Gasteiger charge is 2.11. The molecule has 0 unspecified atom stereocenters. The van der Waals surface area contributed by atoms with E-state index >= 15 is 0 Å². The van der Waals surface area contributed by atoms with Crippen molar-refractivity contribution in [3.8, 4) is 0 Å². The highest BCUT2D eigenvalue weighted by atomic mass is 16.3. The molecule has 0 aliphatic carbocycles. The van der Waals surface area contributed by atoms with Crippen LogP contribution in [0.15, 0.2) is 22.8 Å². The molecule has 0 aliphatic heterocycles. The fraction of sp³-hybridized carbons (Fsp3) is 0.545. The van der Waals surface area contributed by atoms with Crippen molar-refractivity contribution in [3.63, 3.8) is 0 Å². The zero-order chi connectivity index (χ0) is 11.3. The Morgan fingerprint density at radius 3 is 2.93 bits per heavy atom. The molecule has 1 amide bonds. The summed E-state index contributed by atoms with van der Waals surface area (Å²) < 4.78 is 5.23. The van der Waals surface area contributed by atoms with E-state index in [1.165, 1.54) is 0 Å². The van der Waals surface area contributed by atoms with Crippen LogP contribution < -0.4 is 5.32 Å². The lowest BCUT2D eigenvalue weighted by Gasteiger charge is -2.16. The molecule has 1 aromatic heterocycles. The van der Waals surface area contributed by atoms with E-state index in [2.05, 4.69) is 5.32 Å². The van der Waals surface area contributed by atoms with Crippen molar-refractivity contribution in [2.45, 2.75) is 19.9 Å². The van der Waals surface area contributed by atoms with Crippen molar-refractivity contribution in [2.75, 3.05) is 20.1 Å². The zero-order valence-corrected chi connectivity index (χ0v) is 9.49. The molecule has 4 heteroatoms. The largest absolute Gasteiger partial charge is 0.468 e. The van der Waals surface area contributed by atoms with Gasteiger partial charge in [-0.25, -0.2) is 0 Å². The minimum absolute atomic E-state index is 0.0641. The lowest BCUT2D eigenvalue weighted by Crippen LogP contribution is -2.36. The number of nitrogens with one attached hydrogen (secondary N) is 1. The molecule has 1 atom stereocenters. The first-order valence-electron chi connectivity index (χ1n) is 5.16. The number of likely N-dealkylation sites (N-methyl/N-ethyl adjacent to an activating group) is 1. The molecule has 0 aromatic carbocycles. The SMILES string of the molecule is CCN(C)C(=O)CN[C@H](C)c1ccco1. The van der Waals surface area contributed by atoms with Crippen molar-refractivity contribution in [2.24, 2.45) is 0 Å². The van der Waals surface area contributed by atoms with E-state index in [9.17, 15) is 4.79 Å². The summed E-state index contributed by atoms with van der Waals surface area (Å²) in [6.45, 7) is 4.99. The van der Waals surface area contributed by atoms with Crippen LogP contribution in [0.1, 0.15) is 25.6 Å². The van der Waals surface area contributed by atoms with Gasteiger partial charge in [0.25, 0.3) is 0 Å². The average molecular weight is 210 g/mol. The van der Waals surface area contributed by atoms with E-state index in [-0.39, 0.29) is 11.9 Å². The van der Waals surface area contributed by atoms with Crippen molar-refractivity contribution in [1.82, 2.24) is 10.2 Å². The van der Waals surface area contributed by atoms with Crippen LogP contribution in [-0.4, -0.2) is 30.9 Å². The van der Waals surface area contributed by atoms with E-state index < -0.39 is 0 Å². The zero-order valence-electron chi connectivity index (χ0n) is 9.49. The molecule has 1 heterocycles. The molecule has 15 heavy (non-hydrogen) atoms. The first kappa shape index (κ1) is 11.8. The summed E-state index contributed by atoms with van der Waals surface area (Å²) in [6.07, 6.45) is 1.63. The Labute approximate surface area is 90.3 Å². The van der Waals surface area contributed by atoms with Crippen molar-refractivity contribution in [1.29, 1.82) is 0 Å². The van der Waals surface area contributed by atoms with Crippen molar-refractivity contribution < 1.29 is 9.21 Å². The normalized spacial score (nSPS) is 12.5. The topological polar surface area (TPSA) is 45.5 Å². The first-order valence-corrected chi connectivity index (χ1v) is 5.16. The Hall–Kier alpha value is -1.29. The number of rotatable bonds is 5. The summed E-state index contributed by atoms with van der Waals surface area (Å²) >= 11 is 0. The molecule has 0 fully saturated rings. The van der Waals surface area contributed by atoms with Gasteiger partial charge in [-0.05, 0) is 26.0 Å². The van der Waals surface area contributed by atoms with Crippen LogP contribution in [0.3, 0.4) is 0 Å². The second-order valence-electron chi connectivity index (χ2n) is 3.53. The summed E-state index contributed by atoms with van der Waals surface area (Å²) in [5.74, 6) is 0.942. The Morgan fingerprint density at radius 1 is 1.67 bits per heavy atom. The van der Waals surface area contributed by atoms with Crippen LogP contribution in [0.25, 0.3) is 0 Å². The number of amides is 1. The van der Waals surface area contributed by atoms with Crippen molar-refractivity contribution in [3.05, 3.63) is 24.2 Å². The van der Waals surface area contributed by atoms with Gasteiger partial charge in [0.1, 0.15) is 5.76 Å². The Morgan fingerprint density at radius 2 is 2.40 bits per heavy atom. The molecule has 1 aromatic rings. The fourth-order valence-electron chi connectivity index (χ4n) is 1.19. The van der Waals surface area contributed by atoms with Crippen LogP contribution in [-0.2, 0) is 4.79 Å². The quantitative estimate of drug-likeness (QED) is 0.799. The van der Waals surface area contributed by atoms with Gasteiger partial charge in [-0.1, -0.05) is 0 Å². The average Bonchev–Trinajstić information content (AvgIpc) is 2.77. The molecule has 4 nitrogen and oxygen atoms in total. The van der Waals surface area contributed by atoms with E-state index in [4.69, 9.17) is 4.42 Å². The second kappa shape index (κ2) is 5.56. The van der Waals surface area contributed by atoms with Gasteiger partial charge in [0, 0.05) is 13.6 Å². The van der Waals surface area contributed by atoms with Crippen LogP contribution in [0.2, 0.25) is 0 Å². The standard InChI is InChI=1S/C11H18N2O2/c1-4-13(3)11(14)8-12-9(2)10-6-5-7-15-10/h5-7,9,12H,4,8H2,1-3H3/t9-/m1/s1. The van der Waals surface area contributed by atoms with Gasteiger partial charge in [-0.3, -0.25) is 10.1 Å². The van der Waals surface area contributed by atoms with Gasteiger partial charge < -0.3 is 9.32 Å². The van der Waals surface area contributed by atoms with Gasteiger partial charge in [-0.2, -0.15) is 0 Å². The molecule has 0 aliphatic rings. The molecule has 1 N–H and O–H groups in total. The van der Waals surface area contributed by atoms with E-state index in [0.29, 0.717) is 6.54 Å². The lowest BCUT2D eigenvalue weighted by atomic mass is 10.2. The maximum atomic E-state index is 11.5. The maximum Gasteiger partial charge on any atom is 0.236 e. The molecule has 0 radical (unpaired) electrons. The van der Waals surface area contributed by atoms with Crippen LogP contribution in [0, 0.1) is 0 Å². The molecular weight excluding hydrogens is 192 g/mol. The number of carbonyl (C=O) groups excluding carboxylic acids is 1. The number of hydrogen-bond acceptors (Lipinski definition) is 3. The first-order chi connectivity index (χ1) is 7.15. The summed E-state index contributed by atoms with van der Waals surface area (Å²) in [5, 5.41) is 3.12. The Bertz CT molecular complexity index is 296. The monoisotopic (exact) mass is 210 g/mol. The van der Waals surface area contributed by atoms with Crippen molar-refractivity contribution >= 4 is 5.91 Å². The fourth-order valence-corrected chi connectivity index (χ4v) is 1.19.